The number of rotatable bonds is 5. The second-order valence-electron chi connectivity index (χ2n) is 3.21. The molecule has 0 unspecified atom stereocenters. The molecule has 0 aliphatic heterocycles. The number of halogens is 1. The molecule has 0 heterocycles. The molecule has 0 saturated carbocycles. The molecule has 1 aromatic carbocycles. The van der Waals surface area contributed by atoms with Crippen LogP contribution in [-0.4, -0.2) is 28.7 Å². The summed E-state index contributed by atoms with van der Waals surface area (Å²) in [6.07, 6.45) is 0. The largest absolute Gasteiger partial charge is 0.491 e. The molecule has 4 nitrogen and oxygen atoms in total. The zero-order valence-corrected chi connectivity index (χ0v) is 10.6. The molecular weight excluding hydrogens is 252 g/mol. The molecule has 1 rings (SSSR count). The highest BCUT2D eigenvalue weighted by molar-refractivity contribution is 8.13. The maximum atomic E-state index is 11.2. The first kappa shape index (κ1) is 13.3. The molecule has 0 fully saturated rings. The van der Waals surface area contributed by atoms with Gasteiger partial charge in [0.05, 0.1) is 11.5 Å². The minimum Gasteiger partial charge on any atom is -0.491 e. The number of benzene rings is 1. The van der Waals surface area contributed by atoms with Crippen LogP contribution in [0.3, 0.4) is 0 Å². The van der Waals surface area contributed by atoms with Gasteiger partial charge in [0.1, 0.15) is 12.4 Å². The standard InChI is InChI=1S/C10H13ClO4S/c1-8-3-4-9(15-6-5-14-2)7-10(8)16(11,12)13/h3-4,7H,5-6H2,1-2H3. The van der Waals surface area contributed by atoms with Crippen LogP contribution in [0.15, 0.2) is 23.1 Å². The van der Waals surface area contributed by atoms with E-state index in [2.05, 4.69) is 0 Å². The molecule has 16 heavy (non-hydrogen) atoms. The maximum Gasteiger partial charge on any atom is 0.261 e. The SMILES string of the molecule is COCCOc1ccc(C)c(S(=O)(=O)Cl)c1. The van der Waals surface area contributed by atoms with E-state index in [0.717, 1.165) is 0 Å². The second kappa shape index (κ2) is 5.52. The Labute approximate surface area is 99.6 Å². The van der Waals surface area contributed by atoms with E-state index in [1.807, 2.05) is 0 Å². The average Bonchev–Trinajstić information content (AvgIpc) is 2.19. The molecule has 90 valence electrons. The average molecular weight is 265 g/mol. The van der Waals surface area contributed by atoms with E-state index in [1.165, 1.54) is 6.07 Å². The molecule has 0 radical (unpaired) electrons. The monoisotopic (exact) mass is 264 g/mol. The molecule has 0 atom stereocenters. The van der Waals surface area contributed by atoms with Crippen LogP contribution in [-0.2, 0) is 13.8 Å². The Morgan fingerprint density at radius 3 is 2.56 bits per heavy atom. The smallest absolute Gasteiger partial charge is 0.261 e. The first-order valence-corrected chi connectivity index (χ1v) is 6.93. The highest BCUT2D eigenvalue weighted by atomic mass is 35.7. The Bertz CT molecular complexity index is 456. The maximum absolute atomic E-state index is 11.2. The van der Waals surface area contributed by atoms with Crippen LogP contribution in [0.5, 0.6) is 5.75 Å². The van der Waals surface area contributed by atoms with Crippen molar-refractivity contribution in [3.05, 3.63) is 23.8 Å². The highest BCUT2D eigenvalue weighted by Gasteiger charge is 2.14. The summed E-state index contributed by atoms with van der Waals surface area (Å²) >= 11 is 0. The predicted molar refractivity (Wildman–Crippen MR) is 61.6 cm³/mol. The van der Waals surface area contributed by atoms with Crippen LogP contribution >= 0.6 is 10.7 Å². The topological polar surface area (TPSA) is 52.6 Å². The fourth-order valence-corrected chi connectivity index (χ4v) is 2.38. The van der Waals surface area contributed by atoms with E-state index >= 15 is 0 Å². The van der Waals surface area contributed by atoms with Crippen molar-refractivity contribution in [2.24, 2.45) is 0 Å². The summed E-state index contributed by atoms with van der Waals surface area (Å²) in [5.74, 6) is 0.460. The lowest BCUT2D eigenvalue weighted by atomic mass is 10.2. The fourth-order valence-electron chi connectivity index (χ4n) is 1.18. The highest BCUT2D eigenvalue weighted by Crippen LogP contribution is 2.24. The minimum absolute atomic E-state index is 0.0732. The molecule has 0 aliphatic carbocycles. The number of hydrogen-bond donors (Lipinski definition) is 0. The summed E-state index contributed by atoms with van der Waals surface area (Å²) in [6, 6.07) is 4.75. The van der Waals surface area contributed by atoms with Crippen LogP contribution in [0.25, 0.3) is 0 Å². The van der Waals surface area contributed by atoms with Crippen molar-refractivity contribution < 1.29 is 17.9 Å². The Morgan fingerprint density at radius 1 is 1.31 bits per heavy atom. The number of aryl methyl sites for hydroxylation is 1. The van der Waals surface area contributed by atoms with E-state index in [-0.39, 0.29) is 4.90 Å². The van der Waals surface area contributed by atoms with E-state index in [1.54, 1.807) is 26.2 Å². The second-order valence-corrected chi connectivity index (χ2v) is 5.74. The third-order valence-electron chi connectivity index (χ3n) is 1.98. The van der Waals surface area contributed by atoms with Crippen LogP contribution in [0.4, 0.5) is 0 Å². The van der Waals surface area contributed by atoms with Crippen molar-refractivity contribution in [3.63, 3.8) is 0 Å². The first-order valence-electron chi connectivity index (χ1n) is 4.62. The summed E-state index contributed by atoms with van der Waals surface area (Å²) in [6.45, 7) is 2.48. The first-order chi connectivity index (χ1) is 7.45. The summed E-state index contributed by atoms with van der Waals surface area (Å²) in [5, 5.41) is 0. The lowest BCUT2D eigenvalue weighted by Gasteiger charge is -2.08. The van der Waals surface area contributed by atoms with Gasteiger partial charge in [-0.1, -0.05) is 6.07 Å². The van der Waals surface area contributed by atoms with Crippen molar-refractivity contribution in [1.82, 2.24) is 0 Å². The van der Waals surface area contributed by atoms with Crippen LogP contribution in [0, 0.1) is 6.92 Å². The van der Waals surface area contributed by atoms with Gasteiger partial charge in [-0.25, -0.2) is 8.42 Å². The Morgan fingerprint density at radius 2 is 2.00 bits per heavy atom. The minimum atomic E-state index is -3.73. The van der Waals surface area contributed by atoms with Gasteiger partial charge in [0, 0.05) is 23.9 Å². The normalized spacial score (nSPS) is 11.4. The number of hydrogen-bond acceptors (Lipinski definition) is 4. The van der Waals surface area contributed by atoms with Gasteiger partial charge in [-0.2, -0.15) is 0 Å². The van der Waals surface area contributed by atoms with Crippen LogP contribution in [0.2, 0.25) is 0 Å². The molecule has 0 spiro atoms. The van der Waals surface area contributed by atoms with Gasteiger partial charge >= 0.3 is 0 Å². The van der Waals surface area contributed by atoms with Gasteiger partial charge in [0.25, 0.3) is 9.05 Å². The van der Waals surface area contributed by atoms with Crippen molar-refractivity contribution in [3.8, 4) is 5.75 Å². The molecule has 1 aromatic rings. The van der Waals surface area contributed by atoms with Crippen LogP contribution < -0.4 is 4.74 Å². The van der Waals surface area contributed by atoms with Crippen LogP contribution in [0.1, 0.15) is 5.56 Å². The van der Waals surface area contributed by atoms with Gasteiger partial charge in [0.2, 0.25) is 0 Å². The summed E-state index contributed by atoms with van der Waals surface area (Å²) in [7, 11) is 3.13. The van der Waals surface area contributed by atoms with Gasteiger partial charge in [0.15, 0.2) is 0 Å². The zero-order chi connectivity index (χ0) is 12.2. The van der Waals surface area contributed by atoms with E-state index < -0.39 is 9.05 Å². The van der Waals surface area contributed by atoms with E-state index in [0.29, 0.717) is 24.5 Å². The summed E-state index contributed by atoms with van der Waals surface area (Å²) in [5.41, 5.74) is 0.592. The lowest BCUT2D eigenvalue weighted by molar-refractivity contribution is 0.146. The lowest BCUT2D eigenvalue weighted by Crippen LogP contribution is -2.05. The van der Waals surface area contributed by atoms with E-state index in [4.69, 9.17) is 20.2 Å². The van der Waals surface area contributed by atoms with Crippen molar-refractivity contribution in [2.75, 3.05) is 20.3 Å². The Balaban J connectivity index is 2.91. The summed E-state index contributed by atoms with van der Waals surface area (Å²) in [4.78, 5) is 0.0732. The van der Waals surface area contributed by atoms with Crippen molar-refractivity contribution in [1.29, 1.82) is 0 Å². The third-order valence-corrected chi connectivity index (χ3v) is 3.44. The Hall–Kier alpha value is -0.780. The predicted octanol–water partition coefficient (Wildman–Crippen LogP) is 1.95. The quantitative estimate of drug-likeness (QED) is 0.603. The van der Waals surface area contributed by atoms with Crippen molar-refractivity contribution >= 4 is 19.7 Å². The molecule has 0 aromatic heterocycles. The van der Waals surface area contributed by atoms with Gasteiger partial charge in [-0.3, -0.25) is 0 Å². The third kappa shape index (κ3) is 3.66. The molecule has 0 aliphatic rings. The molecular formula is C10H13ClO4S. The molecule has 0 N–H and O–H groups in total. The van der Waals surface area contributed by atoms with E-state index in [9.17, 15) is 8.42 Å². The molecule has 0 saturated heterocycles. The molecule has 0 amide bonds. The molecule has 0 bridgehead atoms. The number of methoxy groups -OCH3 is 1. The van der Waals surface area contributed by atoms with Gasteiger partial charge in [-0.05, 0) is 18.6 Å². The number of ether oxygens (including phenoxy) is 2. The Kier molecular flexibility index (Phi) is 4.58. The fraction of sp³-hybridized carbons (Fsp3) is 0.400. The summed E-state index contributed by atoms with van der Waals surface area (Å²) < 4.78 is 32.5. The van der Waals surface area contributed by atoms with Gasteiger partial charge in [-0.15, -0.1) is 0 Å². The zero-order valence-electron chi connectivity index (χ0n) is 9.07. The molecule has 6 heteroatoms. The van der Waals surface area contributed by atoms with Gasteiger partial charge < -0.3 is 9.47 Å². The van der Waals surface area contributed by atoms with Crippen molar-refractivity contribution in [2.45, 2.75) is 11.8 Å².